The van der Waals surface area contributed by atoms with Gasteiger partial charge in [0.1, 0.15) is 6.61 Å². The largest absolute Gasteiger partial charge is 0.498 e. The monoisotopic (exact) mass is 369 g/mol. The van der Waals surface area contributed by atoms with Gasteiger partial charge in [-0.1, -0.05) is 36.4 Å². The Bertz CT molecular complexity index is 835. The predicted molar refractivity (Wildman–Crippen MR) is 104 cm³/mol. The molecule has 2 aromatic carbocycles. The predicted octanol–water partition coefficient (Wildman–Crippen LogP) is 3.78. The summed E-state index contributed by atoms with van der Waals surface area (Å²) in [6.45, 7) is 9.81. The van der Waals surface area contributed by atoms with Crippen LogP contribution in [0.3, 0.4) is 0 Å². The molecule has 1 saturated heterocycles. The SMILES string of the molecule is Cc1cc(B2OC(C)(C)C(C)(C)O2)c(OCc2ccccc2)c([N+](=O)[O-])c1. The number of aryl methyl sites for hydroxylation is 1. The van der Waals surface area contributed by atoms with Crippen LogP contribution >= 0.6 is 0 Å². The van der Waals surface area contributed by atoms with Crippen LogP contribution < -0.4 is 10.2 Å². The molecule has 0 atom stereocenters. The van der Waals surface area contributed by atoms with Crippen LogP contribution in [0.5, 0.6) is 5.75 Å². The van der Waals surface area contributed by atoms with Crippen molar-refractivity contribution in [2.24, 2.45) is 0 Å². The second kappa shape index (κ2) is 6.98. The summed E-state index contributed by atoms with van der Waals surface area (Å²) < 4.78 is 18.1. The average molecular weight is 369 g/mol. The number of ether oxygens (including phenoxy) is 1. The van der Waals surface area contributed by atoms with Crippen LogP contribution in [0.15, 0.2) is 42.5 Å². The molecule has 0 radical (unpaired) electrons. The summed E-state index contributed by atoms with van der Waals surface area (Å²) in [7, 11) is -0.737. The van der Waals surface area contributed by atoms with Gasteiger partial charge >= 0.3 is 12.8 Å². The van der Waals surface area contributed by atoms with Gasteiger partial charge in [0.15, 0.2) is 5.75 Å². The maximum atomic E-state index is 11.7. The maximum Gasteiger partial charge on any atom is 0.498 e. The lowest BCUT2D eigenvalue weighted by Crippen LogP contribution is -2.41. The number of nitrogens with zero attached hydrogens (tertiary/aromatic N) is 1. The summed E-state index contributed by atoms with van der Waals surface area (Å²) in [6, 6.07) is 12.9. The summed E-state index contributed by atoms with van der Waals surface area (Å²) in [5, 5.41) is 11.7. The third kappa shape index (κ3) is 3.84. The molecule has 27 heavy (non-hydrogen) atoms. The normalized spacial score (nSPS) is 17.7. The van der Waals surface area contributed by atoms with Crippen LogP contribution in [-0.4, -0.2) is 23.2 Å². The average Bonchev–Trinajstić information content (AvgIpc) is 2.81. The molecule has 7 heteroatoms. The van der Waals surface area contributed by atoms with E-state index in [0.29, 0.717) is 5.46 Å². The number of hydrogen-bond acceptors (Lipinski definition) is 5. The number of nitro benzene ring substituents is 1. The fraction of sp³-hybridized carbons (Fsp3) is 0.400. The lowest BCUT2D eigenvalue weighted by atomic mass is 9.77. The second-order valence-corrected chi connectivity index (χ2v) is 7.82. The zero-order valence-corrected chi connectivity index (χ0v) is 16.3. The highest BCUT2D eigenvalue weighted by Crippen LogP contribution is 2.38. The van der Waals surface area contributed by atoms with Crippen molar-refractivity contribution in [2.75, 3.05) is 0 Å². The number of benzene rings is 2. The Kier molecular flexibility index (Phi) is 5.01. The minimum Gasteiger partial charge on any atom is -0.482 e. The van der Waals surface area contributed by atoms with Crippen molar-refractivity contribution < 1.29 is 19.0 Å². The van der Waals surface area contributed by atoms with Crippen molar-refractivity contribution in [3.63, 3.8) is 0 Å². The quantitative estimate of drug-likeness (QED) is 0.456. The van der Waals surface area contributed by atoms with Crippen LogP contribution in [0.25, 0.3) is 0 Å². The third-order valence-electron chi connectivity index (χ3n) is 5.17. The minimum absolute atomic E-state index is 0.0874. The van der Waals surface area contributed by atoms with E-state index < -0.39 is 23.2 Å². The molecule has 1 heterocycles. The van der Waals surface area contributed by atoms with Crippen LogP contribution in [0.4, 0.5) is 5.69 Å². The van der Waals surface area contributed by atoms with Gasteiger partial charge in [0.05, 0.1) is 16.1 Å². The first-order valence-electron chi connectivity index (χ1n) is 8.92. The van der Waals surface area contributed by atoms with Crippen LogP contribution in [0, 0.1) is 17.0 Å². The highest BCUT2D eigenvalue weighted by molar-refractivity contribution is 6.63. The highest BCUT2D eigenvalue weighted by atomic mass is 16.7. The first-order chi connectivity index (χ1) is 12.6. The van der Waals surface area contributed by atoms with Crippen molar-refractivity contribution in [1.82, 2.24) is 0 Å². The second-order valence-electron chi connectivity index (χ2n) is 7.82. The smallest absolute Gasteiger partial charge is 0.482 e. The summed E-state index contributed by atoms with van der Waals surface area (Å²) in [6.07, 6.45) is 0. The summed E-state index contributed by atoms with van der Waals surface area (Å²) in [4.78, 5) is 11.2. The molecule has 0 aliphatic carbocycles. The molecule has 1 fully saturated rings. The fourth-order valence-corrected chi connectivity index (χ4v) is 2.95. The van der Waals surface area contributed by atoms with E-state index in [9.17, 15) is 10.1 Å². The van der Waals surface area contributed by atoms with E-state index in [1.54, 1.807) is 0 Å². The molecule has 0 unspecified atom stereocenters. The van der Waals surface area contributed by atoms with Crippen molar-refractivity contribution in [1.29, 1.82) is 0 Å². The number of nitro groups is 1. The lowest BCUT2D eigenvalue weighted by molar-refractivity contribution is -0.385. The summed E-state index contributed by atoms with van der Waals surface area (Å²) in [5.41, 5.74) is 1.03. The van der Waals surface area contributed by atoms with Crippen molar-refractivity contribution in [3.05, 3.63) is 63.7 Å². The first-order valence-corrected chi connectivity index (χ1v) is 8.92. The Morgan fingerprint density at radius 2 is 1.67 bits per heavy atom. The summed E-state index contributed by atoms with van der Waals surface area (Å²) in [5.74, 6) is 0.188. The molecule has 0 saturated carbocycles. The van der Waals surface area contributed by atoms with Gasteiger partial charge in [0, 0.05) is 11.5 Å². The molecule has 142 valence electrons. The topological polar surface area (TPSA) is 70.8 Å². The van der Waals surface area contributed by atoms with Crippen molar-refractivity contribution in [2.45, 2.75) is 52.4 Å². The van der Waals surface area contributed by atoms with Crippen LogP contribution in [-0.2, 0) is 15.9 Å². The van der Waals surface area contributed by atoms with E-state index >= 15 is 0 Å². The number of rotatable bonds is 5. The molecular weight excluding hydrogens is 345 g/mol. The Morgan fingerprint density at radius 1 is 1.07 bits per heavy atom. The minimum atomic E-state index is -0.737. The zero-order valence-electron chi connectivity index (χ0n) is 16.3. The first kappa shape index (κ1) is 19.4. The fourth-order valence-electron chi connectivity index (χ4n) is 2.95. The van der Waals surface area contributed by atoms with E-state index in [1.807, 2.05) is 71.0 Å². The van der Waals surface area contributed by atoms with Gasteiger partial charge in [-0.2, -0.15) is 0 Å². The van der Waals surface area contributed by atoms with Gasteiger partial charge in [-0.05, 0) is 45.7 Å². The molecule has 6 nitrogen and oxygen atoms in total. The standard InChI is InChI=1S/C20H24BNO5/c1-14-11-16(21-26-19(2,3)20(4,5)27-21)18(17(12-14)22(23)24)25-13-15-9-7-6-8-10-15/h6-12H,13H2,1-5H3. The van der Waals surface area contributed by atoms with Crippen LogP contribution in [0.2, 0.25) is 0 Å². The maximum absolute atomic E-state index is 11.7. The van der Waals surface area contributed by atoms with Gasteiger partial charge in [-0.3, -0.25) is 10.1 Å². The third-order valence-corrected chi connectivity index (χ3v) is 5.17. The van der Waals surface area contributed by atoms with Crippen molar-refractivity contribution in [3.8, 4) is 5.75 Å². The van der Waals surface area contributed by atoms with E-state index in [2.05, 4.69) is 0 Å². The molecule has 1 aliphatic heterocycles. The van der Waals surface area contributed by atoms with E-state index in [0.717, 1.165) is 11.1 Å². The highest BCUT2D eigenvalue weighted by Gasteiger charge is 2.53. The van der Waals surface area contributed by atoms with Gasteiger partial charge < -0.3 is 14.0 Å². The molecule has 0 spiro atoms. The Balaban J connectivity index is 2.01. The Hall–Kier alpha value is -2.38. The van der Waals surface area contributed by atoms with E-state index in [-0.39, 0.29) is 18.0 Å². The number of hydrogen-bond donors (Lipinski definition) is 0. The molecule has 1 aliphatic rings. The lowest BCUT2D eigenvalue weighted by Gasteiger charge is -2.32. The molecule has 0 aromatic heterocycles. The molecule has 3 rings (SSSR count). The van der Waals surface area contributed by atoms with Crippen molar-refractivity contribution >= 4 is 18.3 Å². The van der Waals surface area contributed by atoms with Gasteiger partial charge in [0.2, 0.25) is 0 Å². The zero-order chi connectivity index (χ0) is 19.8. The van der Waals surface area contributed by atoms with E-state index in [4.69, 9.17) is 14.0 Å². The van der Waals surface area contributed by atoms with Gasteiger partial charge in [-0.25, -0.2) is 0 Å². The van der Waals surface area contributed by atoms with Gasteiger partial charge in [-0.15, -0.1) is 0 Å². The Morgan fingerprint density at radius 3 is 2.22 bits per heavy atom. The summed E-state index contributed by atoms with van der Waals surface area (Å²) >= 11 is 0. The van der Waals surface area contributed by atoms with Crippen LogP contribution in [0.1, 0.15) is 38.8 Å². The molecule has 0 amide bonds. The molecular formula is C20H24BNO5. The molecule has 2 aromatic rings. The van der Waals surface area contributed by atoms with Gasteiger partial charge in [0.25, 0.3) is 0 Å². The Labute approximate surface area is 159 Å². The molecule has 0 bridgehead atoms. The molecule has 0 N–H and O–H groups in total. The van der Waals surface area contributed by atoms with E-state index in [1.165, 1.54) is 6.07 Å².